The Bertz CT molecular complexity index is 2320. The number of hydrogen-bond acceptors (Lipinski definition) is 9. The van der Waals surface area contributed by atoms with E-state index in [1.54, 1.807) is 21.8 Å². The third kappa shape index (κ3) is 4.86. The standard InChI is InChI=1S/C34H26N10O3/c35-31-25(3-1-13-36-31)32-38-27-9-11-29(43-16-12-30(41-43)42-15-2-14-37-42)40-33(27)44(32)23-6-7-24-20(18-23)4-8-26(24)39-34(47)21-5-10-28(46)22(17-21)19-45/h1-3,5-7,9-19,26,46H,4,8H2,(H2,35,36)(H,39,47)/t26-/m0/s1. The molecule has 13 heteroatoms. The van der Waals surface area contributed by atoms with E-state index in [0.29, 0.717) is 58.3 Å². The number of carbonyl (C=O) groups is 2. The number of aldehydes is 1. The van der Waals surface area contributed by atoms with E-state index in [2.05, 4.69) is 26.6 Å². The van der Waals surface area contributed by atoms with Crippen molar-refractivity contribution in [1.29, 1.82) is 0 Å². The molecule has 5 aromatic heterocycles. The zero-order valence-electron chi connectivity index (χ0n) is 24.7. The maximum Gasteiger partial charge on any atom is 0.251 e. The topological polar surface area (TPSA) is 172 Å². The molecule has 0 radical (unpaired) electrons. The van der Waals surface area contributed by atoms with Crippen molar-refractivity contribution in [2.24, 2.45) is 0 Å². The van der Waals surface area contributed by atoms with Crippen molar-refractivity contribution in [3.63, 3.8) is 0 Å². The highest BCUT2D eigenvalue weighted by molar-refractivity contribution is 5.96. The quantitative estimate of drug-likeness (QED) is 0.218. The molecule has 0 unspecified atom stereocenters. The average Bonchev–Trinajstić information content (AvgIpc) is 3.91. The fourth-order valence-electron chi connectivity index (χ4n) is 6.00. The van der Waals surface area contributed by atoms with Crippen molar-refractivity contribution in [3.8, 4) is 34.5 Å². The molecule has 4 N–H and O–H groups in total. The molecule has 0 spiro atoms. The van der Waals surface area contributed by atoms with E-state index in [4.69, 9.17) is 15.7 Å². The van der Waals surface area contributed by atoms with Crippen LogP contribution in [0.3, 0.4) is 0 Å². The van der Waals surface area contributed by atoms with Crippen LogP contribution in [0, 0.1) is 0 Å². The number of nitrogens with zero attached hydrogens (tertiary/aromatic N) is 8. The number of aryl methyl sites for hydroxylation is 1. The predicted molar refractivity (Wildman–Crippen MR) is 173 cm³/mol. The monoisotopic (exact) mass is 622 g/mol. The molecule has 1 aliphatic carbocycles. The van der Waals surface area contributed by atoms with Crippen molar-refractivity contribution in [3.05, 3.63) is 120 Å². The molecule has 0 fully saturated rings. The van der Waals surface area contributed by atoms with E-state index in [1.807, 2.05) is 65.5 Å². The summed E-state index contributed by atoms with van der Waals surface area (Å²) < 4.78 is 5.33. The van der Waals surface area contributed by atoms with E-state index in [-0.39, 0.29) is 23.3 Å². The lowest BCUT2D eigenvalue weighted by Gasteiger charge is -2.16. The minimum atomic E-state index is -0.323. The highest BCUT2D eigenvalue weighted by atomic mass is 16.3. The molecule has 8 rings (SSSR count). The molecule has 1 aliphatic rings. The summed E-state index contributed by atoms with van der Waals surface area (Å²) in [5.74, 6) is 1.70. The minimum absolute atomic E-state index is 0.0643. The number of nitrogens with one attached hydrogen (secondary N) is 1. The van der Waals surface area contributed by atoms with Gasteiger partial charge in [0.25, 0.3) is 5.91 Å². The molecular weight excluding hydrogens is 596 g/mol. The van der Waals surface area contributed by atoms with Gasteiger partial charge in [-0.3, -0.25) is 14.2 Å². The Hall–Kier alpha value is -6.63. The SMILES string of the molecule is Nc1ncccc1-c1nc2ccc(-n3ccc(-n4cccn4)n3)nc2n1-c1ccc2c(c1)CC[C@@H]2NC(=O)c1ccc(O)c(C=O)c1. The average molecular weight is 623 g/mol. The van der Waals surface area contributed by atoms with E-state index < -0.39 is 0 Å². The van der Waals surface area contributed by atoms with Gasteiger partial charge in [0, 0.05) is 42.1 Å². The lowest BCUT2D eigenvalue weighted by Crippen LogP contribution is -2.27. The number of pyridine rings is 2. The van der Waals surface area contributed by atoms with Gasteiger partial charge in [-0.15, -0.1) is 5.10 Å². The fraction of sp³-hybridized carbons (Fsp3) is 0.0882. The molecule has 230 valence electrons. The molecule has 0 saturated heterocycles. The third-order valence-electron chi connectivity index (χ3n) is 8.30. The summed E-state index contributed by atoms with van der Waals surface area (Å²) >= 11 is 0. The lowest BCUT2D eigenvalue weighted by atomic mass is 10.1. The number of fused-ring (bicyclic) bond motifs is 2. The maximum absolute atomic E-state index is 13.1. The molecule has 0 aliphatic heterocycles. The summed E-state index contributed by atoms with van der Waals surface area (Å²) in [6.07, 6.45) is 8.95. The van der Waals surface area contributed by atoms with Gasteiger partial charge in [0.15, 0.2) is 29.4 Å². The van der Waals surface area contributed by atoms with Gasteiger partial charge >= 0.3 is 0 Å². The molecule has 0 bridgehead atoms. The van der Waals surface area contributed by atoms with E-state index >= 15 is 0 Å². The second-order valence-electron chi connectivity index (χ2n) is 11.1. The van der Waals surface area contributed by atoms with Crippen molar-refractivity contribution in [2.45, 2.75) is 18.9 Å². The molecule has 47 heavy (non-hydrogen) atoms. The molecule has 7 aromatic rings. The van der Waals surface area contributed by atoms with Crippen molar-refractivity contribution in [2.75, 3.05) is 5.73 Å². The smallest absolute Gasteiger partial charge is 0.251 e. The summed E-state index contributed by atoms with van der Waals surface area (Å²) in [6.45, 7) is 0. The first kappa shape index (κ1) is 27.9. The number of aromatic nitrogens is 8. The number of rotatable bonds is 7. The van der Waals surface area contributed by atoms with Crippen LogP contribution in [0.4, 0.5) is 5.82 Å². The van der Waals surface area contributed by atoms with Gasteiger partial charge in [-0.05, 0) is 84.6 Å². The lowest BCUT2D eigenvalue weighted by molar-refractivity contribution is 0.0936. The first-order valence-corrected chi connectivity index (χ1v) is 14.9. The highest BCUT2D eigenvalue weighted by Crippen LogP contribution is 2.36. The third-order valence-corrected chi connectivity index (χ3v) is 8.30. The van der Waals surface area contributed by atoms with Crippen LogP contribution in [0.1, 0.15) is 44.3 Å². The number of aromatic hydroxyl groups is 1. The molecule has 0 saturated carbocycles. The zero-order chi connectivity index (χ0) is 32.1. The predicted octanol–water partition coefficient (Wildman–Crippen LogP) is 4.37. The van der Waals surface area contributed by atoms with E-state index in [1.165, 1.54) is 18.2 Å². The number of carbonyl (C=O) groups excluding carboxylic acids is 2. The number of phenolic OH excluding ortho intramolecular Hbond substituents is 1. The molecule has 2 aromatic carbocycles. The van der Waals surface area contributed by atoms with Crippen molar-refractivity contribution < 1.29 is 14.7 Å². The molecule has 13 nitrogen and oxygen atoms in total. The molecule has 1 amide bonds. The number of anilines is 1. The Morgan fingerprint density at radius 2 is 1.87 bits per heavy atom. The number of nitrogen functional groups attached to an aromatic ring is 1. The van der Waals surface area contributed by atoms with Crippen LogP contribution in [0.15, 0.2) is 97.6 Å². The Labute approximate surface area is 267 Å². The molecule has 1 atom stereocenters. The molecule has 5 heterocycles. The molecular formula is C34H26N10O3. The van der Waals surface area contributed by atoms with Crippen LogP contribution in [-0.2, 0) is 6.42 Å². The van der Waals surface area contributed by atoms with Crippen LogP contribution in [0.5, 0.6) is 5.75 Å². The van der Waals surface area contributed by atoms with Crippen molar-refractivity contribution >= 4 is 29.2 Å². The van der Waals surface area contributed by atoms with Gasteiger partial charge in [0.1, 0.15) is 17.1 Å². The Morgan fingerprint density at radius 3 is 2.70 bits per heavy atom. The second-order valence-corrected chi connectivity index (χ2v) is 11.1. The number of phenols is 1. The number of hydrogen-bond donors (Lipinski definition) is 3. The van der Waals surface area contributed by atoms with Gasteiger partial charge in [-0.2, -0.15) is 5.10 Å². The van der Waals surface area contributed by atoms with Crippen LogP contribution >= 0.6 is 0 Å². The van der Waals surface area contributed by atoms with Crippen LogP contribution in [0.25, 0.3) is 39.9 Å². The van der Waals surface area contributed by atoms with Crippen LogP contribution in [0.2, 0.25) is 0 Å². The summed E-state index contributed by atoms with van der Waals surface area (Å²) in [6, 6.07) is 21.2. The Balaban J connectivity index is 1.18. The zero-order valence-corrected chi connectivity index (χ0v) is 24.7. The minimum Gasteiger partial charge on any atom is -0.507 e. The first-order valence-electron chi connectivity index (χ1n) is 14.9. The van der Waals surface area contributed by atoms with Crippen LogP contribution in [-0.4, -0.2) is 56.4 Å². The van der Waals surface area contributed by atoms with Gasteiger partial charge in [0.2, 0.25) is 0 Å². The fourth-order valence-corrected chi connectivity index (χ4v) is 6.00. The largest absolute Gasteiger partial charge is 0.507 e. The normalized spacial score (nSPS) is 13.9. The Kier molecular flexibility index (Phi) is 6.57. The van der Waals surface area contributed by atoms with Gasteiger partial charge in [-0.1, -0.05) is 6.07 Å². The van der Waals surface area contributed by atoms with Gasteiger partial charge < -0.3 is 16.2 Å². The summed E-state index contributed by atoms with van der Waals surface area (Å²) in [5, 5.41) is 21.8. The number of imidazole rings is 1. The summed E-state index contributed by atoms with van der Waals surface area (Å²) in [7, 11) is 0. The summed E-state index contributed by atoms with van der Waals surface area (Å²) in [5.41, 5.74) is 11.6. The number of nitrogens with two attached hydrogens (primary N) is 1. The Morgan fingerprint density at radius 1 is 0.957 bits per heavy atom. The van der Waals surface area contributed by atoms with E-state index in [0.717, 1.165) is 23.2 Å². The van der Waals surface area contributed by atoms with E-state index in [9.17, 15) is 14.7 Å². The maximum atomic E-state index is 13.1. The second kappa shape index (κ2) is 11.1. The number of amides is 1. The van der Waals surface area contributed by atoms with Crippen LogP contribution < -0.4 is 11.1 Å². The van der Waals surface area contributed by atoms with Gasteiger partial charge in [-0.25, -0.2) is 24.3 Å². The van der Waals surface area contributed by atoms with Gasteiger partial charge in [0.05, 0.1) is 17.2 Å². The highest BCUT2D eigenvalue weighted by Gasteiger charge is 2.27. The number of benzene rings is 2. The van der Waals surface area contributed by atoms with Crippen molar-refractivity contribution in [1.82, 2.24) is 44.4 Å². The first-order chi connectivity index (χ1) is 23.0. The summed E-state index contributed by atoms with van der Waals surface area (Å²) in [4.78, 5) is 38.6.